The van der Waals surface area contributed by atoms with Crippen LogP contribution < -0.4 is 22.8 Å². The Morgan fingerprint density at radius 2 is 0.675 bits per heavy atom. The molecule has 382 valence electrons. The Morgan fingerprint density at radius 1 is 0.312 bits per heavy atom. The smallest absolute Gasteiger partial charge is 0.215 e. The number of nitrogens with zero attached hydrogens (tertiary/aromatic N) is 10. The summed E-state index contributed by atoms with van der Waals surface area (Å²) < 4.78 is 11.5. The summed E-state index contributed by atoms with van der Waals surface area (Å²) in [7, 11) is 0. The van der Waals surface area contributed by atoms with E-state index in [1.54, 1.807) is 0 Å². The summed E-state index contributed by atoms with van der Waals surface area (Å²) in [6.07, 6.45) is 14.6. The standard InChI is InChI=1S/C15H17N2.C14H15N2.2C13H13N2.C12H11N2/c1-9-5-14-15-12(4)16-11(3)6-13(15)8-17(14)7-10(9)2;1-9-4-5-16-8-12-7-10(2)15-11(3)14(12)13(16)6-9;1-9-4-6-15-8-11-3-5-14-10(2)13(11)12(15)7-9;1-9-7-11-8-15-6-4-3-5-12(15)13(11)10(2)14-9;1-9-12-10(5-6-13-9)8-14-7-3-2-4-11(12)14/h5-7H,8H2,1-4H3;4-7H,8H2,1-3H3;2*3-7H,8H2,1-2H3;2-7H,8H2,1H3/q5*+1. The Bertz CT molecular complexity index is 4000. The van der Waals surface area contributed by atoms with Crippen LogP contribution in [0.4, 0.5) is 0 Å². The van der Waals surface area contributed by atoms with Crippen LogP contribution in [0.25, 0.3) is 56.3 Å². The highest BCUT2D eigenvalue weighted by atomic mass is 15.0. The molecule has 0 bridgehead atoms. The fourth-order valence-electron chi connectivity index (χ4n) is 12.1. The summed E-state index contributed by atoms with van der Waals surface area (Å²) in [6.45, 7) is 30.1. The van der Waals surface area contributed by atoms with Gasteiger partial charge in [-0.1, -0.05) is 0 Å². The van der Waals surface area contributed by atoms with E-state index in [2.05, 4.69) is 259 Å². The number of aromatic nitrogens is 10. The zero-order valence-corrected chi connectivity index (χ0v) is 46.8. The number of hydrogen-bond donors (Lipinski definition) is 0. The van der Waals surface area contributed by atoms with Crippen molar-refractivity contribution in [3.05, 3.63) is 236 Å². The Hall–Kier alpha value is -8.50. The average molecular weight is 1010 g/mol. The van der Waals surface area contributed by atoms with Gasteiger partial charge in [-0.15, -0.1) is 0 Å². The van der Waals surface area contributed by atoms with E-state index >= 15 is 0 Å². The molecule has 10 aromatic heterocycles. The Kier molecular flexibility index (Phi) is 13.5. The molecule has 0 aromatic carbocycles. The third-order valence-corrected chi connectivity index (χ3v) is 15.6. The second-order valence-electron chi connectivity index (χ2n) is 21.5. The summed E-state index contributed by atoms with van der Waals surface area (Å²) in [5, 5.41) is 0. The predicted octanol–water partition coefficient (Wildman–Crippen LogP) is 10.7. The molecule has 77 heavy (non-hydrogen) atoms. The lowest BCUT2D eigenvalue weighted by atomic mass is 10.0. The zero-order valence-electron chi connectivity index (χ0n) is 46.8. The second-order valence-corrected chi connectivity index (χ2v) is 21.5. The van der Waals surface area contributed by atoms with E-state index in [1.165, 1.54) is 106 Å². The number of aryl methyl sites for hydroxylation is 12. The molecule has 0 N–H and O–H groups in total. The van der Waals surface area contributed by atoms with Crippen LogP contribution >= 0.6 is 0 Å². The molecule has 0 unspecified atom stereocenters. The van der Waals surface area contributed by atoms with Gasteiger partial charge in [-0.25, -0.2) is 0 Å². The molecule has 0 atom stereocenters. The van der Waals surface area contributed by atoms with E-state index < -0.39 is 0 Å². The van der Waals surface area contributed by atoms with Gasteiger partial charge in [-0.3, -0.25) is 24.9 Å². The van der Waals surface area contributed by atoms with Gasteiger partial charge in [0.05, 0.1) is 56.3 Å². The van der Waals surface area contributed by atoms with Crippen molar-refractivity contribution in [1.29, 1.82) is 0 Å². The molecule has 0 aliphatic carbocycles. The minimum absolute atomic E-state index is 0.980. The van der Waals surface area contributed by atoms with Gasteiger partial charge >= 0.3 is 0 Å². The molecule has 5 aliphatic heterocycles. The van der Waals surface area contributed by atoms with Gasteiger partial charge < -0.3 is 0 Å². The molecule has 10 heteroatoms. The summed E-state index contributed by atoms with van der Waals surface area (Å²) in [6, 6.07) is 34.5. The van der Waals surface area contributed by atoms with Gasteiger partial charge in [0.1, 0.15) is 0 Å². The Labute approximate surface area is 453 Å². The van der Waals surface area contributed by atoms with Gasteiger partial charge in [0.25, 0.3) is 0 Å². The van der Waals surface area contributed by atoms with Crippen molar-refractivity contribution in [3.8, 4) is 56.3 Å². The van der Waals surface area contributed by atoms with Gasteiger partial charge in [0.2, 0.25) is 28.5 Å². The van der Waals surface area contributed by atoms with E-state index in [0.29, 0.717) is 0 Å². The first-order valence-corrected chi connectivity index (χ1v) is 26.9. The van der Waals surface area contributed by atoms with Crippen LogP contribution in [0.3, 0.4) is 0 Å². The summed E-state index contributed by atoms with van der Waals surface area (Å²) >= 11 is 0. The third-order valence-electron chi connectivity index (χ3n) is 15.6. The summed E-state index contributed by atoms with van der Waals surface area (Å²) in [4.78, 5) is 22.4. The normalized spacial score (nSPS) is 12.4. The van der Waals surface area contributed by atoms with E-state index in [9.17, 15) is 0 Å². The second kappa shape index (κ2) is 20.6. The first kappa shape index (κ1) is 50.6. The maximum atomic E-state index is 4.58. The molecule has 15 rings (SSSR count). The van der Waals surface area contributed by atoms with Gasteiger partial charge in [0.15, 0.2) is 63.7 Å². The molecular weight excluding hydrogens is 945 g/mol. The van der Waals surface area contributed by atoms with Gasteiger partial charge in [-0.2, -0.15) is 22.8 Å². The Morgan fingerprint density at radius 3 is 1.13 bits per heavy atom. The van der Waals surface area contributed by atoms with Gasteiger partial charge in [-0.05, 0) is 142 Å². The SMILES string of the molecule is Cc1cc2c(c(C)n1)-c1cc(C)c(C)c[n+]1C2.Cc1cc2c(c(C)n1)-c1cccc[n+]1C2.Cc1cc[n+]2c(c1)-c1c(cc(C)nc1C)C2.Cc1cc[n+]2c(c1)-c1c(ccnc1C)C2.Cc1nccc2c1-c1cccc[n+]1C2. The van der Waals surface area contributed by atoms with Crippen LogP contribution in [0, 0.1) is 83.1 Å². The van der Waals surface area contributed by atoms with E-state index in [1.807, 2.05) is 12.4 Å². The van der Waals surface area contributed by atoms with E-state index in [-0.39, 0.29) is 0 Å². The van der Waals surface area contributed by atoms with Crippen LogP contribution in [-0.2, 0) is 32.7 Å². The zero-order chi connectivity index (χ0) is 53.8. The molecule has 0 fully saturated rings. The fourth-order valence-corrected chi connectivity index (χ4v) is 12.1. The van der Waals surface area contributed by atoms with Crippen molar-refractivity contribution in [3.63, 3.8) is 0 Å². The van der Waals surface area contributed by atoms with Gasteiger partial charge in [0, 0.05) is 117 Å². The highest BCUT2D eigenvalue weighted by Crippen LogP contribution is 2.34. The van der Waals surface area contributed by atoms with E-state index in [0.717, 1.165) is 78.3 Å². The molecule has 0 saturated heterocycles. The highest BCUT2D eigenvalue weighted by molar-refractivity contribution is 5.69. The molecule has 10 nitrogen and oxygen atoms in total. The predicted molar refractivity (Wildman–Crippen MR) is 302 cm³/mol. The molecule has 15 heterocycles. The quantitative estimate of drug-likeness (QED) is 0.141. The maximum absolute atomic E-state index is 4.58. The molecule has 0 radical (unpaired) electrons. The summed E-state index contributed by atoms with van der Waals surface area (Å²) in [5.41, 5.74) is 34.4. The van der Waals surface area contributed by atoms with Crippen LogP contribution in [-0.4, -0.2) is 24.9 Å². The van der Waals surface area contributed by atoms with Crippen molar-refractivity contribution in [2.24, 2.45) is 0 Å². The molecule has 0 amide bonds. The number of fused-ring (bicyclic) bond motifs is 15. The van der Waals surface area contributed by atoms with Crippen LogP contribution in [0.5, 0.6) is 0 Å². The van der Waals surface area contributed by atoms with Crippen LogP contribution in [0.1, 0.15) is 95.6 Å². The van der Waals surface area contributed by atoms with Crippen molar-refractivity contribution < 1.29 is 22.8 Å². The topological polar surface area (TPSA) is 83.9 Å². The fraction of sp³-hybridized carbons (Fsp3) is 0.254. The van der Waals surface area contributed by atoms with Crippen molar-refractivity contribution in [2.45, 2.75) is 116 Å². The molecule has 5 aliphatic rings. The maximum Gasteiger partial charge on any atom is 0.215 e. The van der Waals surface area contributed by atoms with Crippen LogP contribution in [0.15, 0.2) is 140 Å². The average Bonchev–Trinajstić information content (AvgIpc) is 4.30. The number of pyridine rings is 10. The lowest BCUT2D eigenvalue weighted by Crippen LogP contribution is -2.32. The number of rotatable bonds is 0. The first-order chi connectivity index (χ1) is 37.1. The highest BCUT2D eigenvalue weighted by Gasteiger charge is 2.32. The third kappa shape index (κ3) is 9.85. The first-order valence-electron chi connectivity index (χ1n) is 26.9. The van der Waals surface area contributed by atoms with Crippen molar-refractivity contribution in [2.75, 3.05) is 0 Å². The van der Waals surface area contributed by atoms with E-state index in [4.69, 9.17) is 0 Å². The minimum Gasteiger partial charge on any atom is -0.261 e. The lowest BCUT2D eigenvalue weighted by Gasteiger charge is -2.02. The minimum atomic E-state index is 0.980. The lowest BCUT2D eigenvalue weighted by molar-refractivity contribution is -0.672. The van der Waals surface area contributed by atoms with Crippen LogP contribution in [0.2, 0.25) is 0 Å². The summed E-state index contributed by atoms with van der Waals surface area (Å²) in [5.74, 6) is 0. The van der Waals surface area contributed by atoms with Crippen molar-refractivity contribution >= 4 is 0 Å². The molecular formula is C67H69N10+5. The number of hydrogen-bond acceptors (Lipinski definition) is 5. The largest absolute Gasteiger partial charge is 0.261 e. The molecule has 10 aromatic rings. The van der Waals surface area contributed by atoms with Crippen molar-refractivity contribution in [1.82, 2.24) is 24.9 Å². The Balaban J connectivity index is 0.000000103. The molecule has 0 saturated carbocycles. The monoisotopic (exact) mass is 1010 g/mol. The molecule has 0 spiro atoms.